The topological polar surface area (TPSA) is 134 Å². The van der Waals surface area contributed by atoms with Crippen LogP contribution in [-0.2, 0) is 19.2 Å². The third-order valence-electron chi connectivity index (χ3n) is 2.74. The Balaban J connectivity index is 3.22. The van der Waals surface area contributed by atoms with Gasteiger partial charge in [0.15, 0.2) is 0 Å². The summed E-state index contributed by atoms with van der Waals surface area (Å²) in [5, 5.41) is 21.3. The maximum Gasteiger partial charge on any atom is 0.275 e. The number of carbonyl (C=O) groups is 4. The second kappa shape index (κ2) is 7.16. The number of likely N-dealkylation sites (N-methyl/N-ethyl adjacent to an activating group) is 2. The smallest absolute Gasteiger partial charge is 0.275 e. The van der Waals surface area contributed by atoms with Crippen LogP contribution in [0, 0.1) is 0 Å². The largest absolute Gasteiger partial charge is 0.540 e. The minimum absolute atomic E-state index is 0.00379. The molecule has 0 unspecified atom stereocenters. The molecule has 1 aromatic heterocycles. The van der Waals surface area contributed by atoms with Crippen LogP contribution < -0.4 is 20.0 Å². The molecular formula is C13H13N3O6-2. The molecule has 0 aliphatic heterocycles. The second-order valence-corrected chi connectivity index (χ2v) is 4.03. The number of carbonyl (C=O) groups excluding carboxylic acids is 4. The van der Waals surface area contributed by atoms with Crippen molar-refractivity contribution in [3.8, 4) is 0 Å². The predicted octanol–water partition coefficient (Wildman–Crippen LogP) is -2.71. The zero-order valence-electron chi connectivity index (χ0n) is 11.9. The van der Waals surface area contributed by atoms with Crippen LogP contribution in [-0.4, -0.2) is 41.8 Å². The Morgan fingerprint density at radius 2 is 1.27 bits per heavy atom. The van der Waals surface area contributed by atoms with Crippen LogP contribution in [0.4, 0.5) is 11.6 Å². The van der Waals surface area contributed by atoms with Crippen molar-refractivity contribution in [1.29, 1.82) is 0 Å². The fraction of sp³-hybridized carbons (Fsp3) is 0.308. The summed E-state index contributed by atoms with van der Waals surface area (Å²) < 4.78 is 0. The molecule has 9 nitrogen and oxygen atoms in total. The molecule has 0 radical (unpaired) electrons. The van der Waals surface area contributed by atoms with Crippen LogP contribution in [0.3, 0.4) is 0 Å². The van der Waals surface area contributed by atoms with Crippen LogP contribution >= 0.6 is 0 Å². The summed E-state index contributed by atoms with van der Waals surface area (Å²) in [5.41, 5.74) is 0. The molecular weight excluding hydrogens is 294 g/mol. The highest BCUT2D eigenvalue weighted by Crippen LogP contribution is 2.18. The van der Waals surface area contributed by atoms with E-state index in [0.29, 0.717) is 0 Å². The number of pyridine rings is 1. The lowest BCUT2D eigenvalue weighted by molar-refractivity contribution is -0.300. The minimum Gasteiger partial charge on any atom is -0.540 e. The molecule has 1 aromatic rings. The maximum atomic E-state index is 11.5. The van der Waals surface area contributed by atoms with Gasteiger partial charge >= 0.3 is 0 Å². The molecule has 0 aliphatic rings. The maximum absolute atomic E-state index is 11.5. The molecule has 0 spiro atoms. The highest BCUT2D eigenvalue weighted by molar-refractivity contribution is 6.37. The van der Waals surface area contributed by atoms with E-state index in [4.69, 9.17) is 0 Å². The molecule has 0 bridgehead atoms. The third kappa shape index (κ3) is 3.57. The molecule has 0 saturated heterocycles. The molecule has 0 aliphatic carbocycles. The molecule has 118 valence electrons. The Bertz CT molecular complexity index is 566. The number of aliphatic carboxylic acids is 2. The van der Waals surface area contributed by atoms with Crippen LogP contribution in [0.15, 0.2) is 18.2 Å². The molecule has 2 amide bonds. The van der Waals surface area contributed by atoms with Gasteiger partial charge in [0.05, 0.1) is 0 Å². The summed E-state index contributed by atoms with van der Waals surface area (Å²) in [7, 11) is 0. The average molecular weight is 307 g/mol. The Labute approximate surface area is 125 Å². The first-order valence-electron chi connectivity index (χ1n) is 6.36. The van der Waals surface area contributed by atoms with Crippen molar-refractivity contribution in [1.82, 2.24) is 4.98 Å². The lowest BCUT2D eigenvalue weighted by Gasteiger charge is -2.24. The molecule has 1 rings (SSSR count). The molecule has 0 fully saturated rings. The molecule has 22 heavy (non-hydrogen) atoms. The summed E-state index contributed by atoms with van der Waals surface area (Å²) in [6.07, 6.45) is 0. The molecule has 0 atom stereocenters. The van der Waals surface area contributed by atoms with Crippen LogP contribution in [0.25, 0.3) is 0 Å². The van der Waals surface area contributed by atoms with Gasteiger partial charge in [0.1, 0.15) is 23.6 Å². The summed E-state index contributed by atoms with van der Waals surface area (Å²) in [6, 6.07) is 4.12. The van der Waals surface area contributed by atoms with Gasteiger partial charge in [-0.1, -0.05) is 6.07 Å². The predicted molar refractivity (Wildman–Crippen MR) is 70.3 cm³/mol. The van der Waals surface area contributed by atoms with Crippen LogP contribution in [0.5, 0.6) is 0 Å². The van der Waals surface area contributed by atoms with Crippen LogP contribution in [0.2, 0.25) is 0 Å². The molecule has 0 N–H and O–H groups in total. The number of rotatable bonds is 4. The highest BCUT2D eigenvalue weighted by Gasteiger charge is 2.20. The fourth-order valence-electron chi connectivity index (χ4n) is 1.75. The van der Waals surface area contributed by atoms with E-state index in [1.165, 1.54) is 32.0 Å². The molecule has 0 aromatic carbocycles. The van der Waals surface area contributed by atoms with E-state index in [2.05, 4.69) is 4.98 Å². The van der Waals surface area contributed by atoms with E-state index in [0.717, 1.165) is 9.80 Å². The minimum atomic E-state index is -1.90. The van der Waals surface area contributed by atoms with Crippen molar-refractivity contribution < 1.29 is 29.4 Å². The van der Waals surface area contributed by atoms with E-state index in [1.807, 2.05) is 0 Å². The van der Waals surface area contributed by atoms with E-state index < -0.39 is 23.8 Å². The Morgan fingerprint density at radius 3 is 1.55 bits per heavy atom. The Morgan fingerprint density at radius 1 is 0.909 bits per heavy atom. The average Bonchev–Trinajstić information content (AvgIpc) is 2.48. The van der Waals surface area contributed by atoms with Gasteiger partial charge in [0, 0.05) is 13.1 Å². The number of carboxylic acid groups (broad SMARTS) is 2. The second-order valence-electron chi connectivity index (χ2n) is 4.03. The van der Waals surface area contributed by atoms with E-state index in [1.54, 1.807) is 0 Å². The SMILES string of the molecule is CCN(C(=O)C(=O)[O-])c1cccc(N(CC)C(=O)C(=O)[O-])n1. The number of carboxylic acids is 2. The van der Waals surface area contributed by atoms with Crippen molar-refractivity contribution >= 4 is 35.4 Å². The fourth-order valence-corrected chi connectivity index (χ4v) is 1.75. The number of nitrogens with zero attached hydrogens (tertiary/aromatic N) is 3. The number of hydrogen-bond donors (Lipinski definition) is 0. The summed E-state index contributed by atoms with van der Waals surface area (Å²) >= 11 is 0. The monoisotopic (exact) mass is 307 g/mol. The summed E-state index contributed by atoms with van der Waals surface area (Å²) in [6.45, 7) is 3.06. The first kappa shape index (κ1) is 17.1. The lowest BCUT2D eigenvalue weighted by Crippen LogP contribution is -2.46. The van der Waals surface area contributed by atoms with Crippen molar-refractivity contribution in [2.75, 3.05) is 22.9 Å². The van der Waals surface area contributed by atoms with Crippen molar-refractivity contribution in [3.05, 3.63) is 18.2 Å². The molecule has 1 heterocycles. The Kier molecular flexibility index (Phi) is 5.56. The van der Waals surface area contributed by atoms with E-state index in [9.17, 15) is 29.4 Å². The standard InChI is InChI=1S/C13H15N3O6/c1-3-15(10(17)12(19)20)8-6-5-7-9(14-8)16(4-2)11(18)13(21)22/h5-7H,3-4H2,1-2H3,(H,19,20)(H,21,22)/p-2. The molecule has 0 saturated carbocycles. The van der Waals surface area contributed by atoms with E-state index in [-0.39, 0.29) is 24.7 Å². The van der Waals surface area contributed by atoms with Gasteiger partial charge < -0.3 is 19.8 Å². The van der Waals surface area contributed by atoms with Gasteiger partial charge in [-0.05, 0) is 26.0 Å². The van der Waals surface area contributed by atoms with E-state index >= 15 is 0 Å². The van der Waals surface area contributed by atoms with Gasteiger partial charge in [-0.2, -0.15) is 0 Å². The van der Waals surface area contributed by atoms with Gasteiger partial charge in [-0.25, -0.2) is 4.98 Å². The number of aromatic nitrogens is 1. The quantitative estimate of drug-likeness (QED) is 0.552. The van der Waals surface area contributed by atoms with Gasteiger partial charge in [-0.3, -0.25) is 19.4 Å². The van der Waals surface area contributed by atoms with Gasteiger partial charge in [0.2, 0.25) is 0 Å². The van der Waals surface area contributed by atoms with Gasteiger partial charge in [0.25, 0.3) is 11.8 Å². The zero-order valence-corrected chi connectivity index (χ0v) is 11.9. The number of amides is 2. The Hall–Kier alpha value is -2.97. The summed E-state index contributed by atoms with van der Waals surface area (Å²) in [5.74, 6) is -6.46. The normalized spacial score (nSPS) is 9.91. The van der Waals surface area contributed by atoms with Crippen molar-refractivity contribution in [2.45, 2.75) is 13.8 Å². The van der Waals surface area contributed by atoms with Crippen molar-refractivity contribution in [3.63, 3.8) is 0 Å². The summed E-state index contributed by atoms with van der Waals surface area (Å²) in [4.78, 5) is 50.0. The van der Waals surface area contributed by atoms with Crippen molar-refractivity contribution in [2.24, 2.45) is 0 Å². The highest BCUT2D eigenvalue weighted by atomic mass is 16.4. The number of hydrogen-bond acceptors (Lipinski definition) is 7. The molecule has 9 heteroatoms. The van der Waals surface area contributed by atoms with Crippen LogP contribution in [0.1, 0.15) is 13.8 Å². The first-order valence-corrected chi connectivity index (χ1v) is 6.36. The van der Waals surface area contributed by atoms with Gasteiger partial charge in [-0.15, -0.1) is 0 Å². The zero-order chi connectivity index (χ0) is 16.9. The lowest BCUT2D eigenvalue weighted by atomic mass is 10.3. The first-order chi connectivity index (χ1) is 10.3. The number of anilines is 2. The third-order valence-corrected chi connectivity index (χ3v) is 2.74.